The minimum Gasteiger partial charge on any atom is -0.508 e. The number of hydrogen-bond donors (Lipinski definition) is 6. The van der Waals surface area contributed by atoms with Crippen LogP contribution in [0.2, 0.25) is 0 Å². The number of phenols is 2. The SMILES string of the molecule is NC(=NCc1ccc(O)c(N)c1)C(N=Nc1ccc(O)cc1N)C(=O)NCc1ccccc1. The fourth-order valence-electron chi connectivity index (χ4n) is 2.85. The summed E-state index contributed by atoms with van der Waals surface area (Å²) < 4.78 is 0. The molecule has 0 bridgehead atoms. The van der Waals surface area contributed by atoms with Crippen molar-refractivity contribution in [1.82, 2.24) is 5.32 Å². The van der Waals surface area contributed by atoms with Crippen molar-refractivity contribution in [2.24, 2.45) is 21.0 Å². The van der Waals surface area contributed by atoms with Crippen molar-refractivity contribution in [3.05, 3.63) is 77.9 Å². The largest absolute Gasteiger partial charge is 0.508 e. The molecule has 3 rings (SSSR count). The van der Waals surface area contributed by atoms with Gasteiger partial charge in [0.2, 0.25) is 6.04 Å². The first kappa shape index (κ1) is 23.1. The van der Waals surface area contributed by atoms with Gasteiger partial charge in [0.1, 0.15) is 23.0 Å². The van der Waals surface area contributed by atoms with E-state index in [1.165, 1.54) is 24.3 Å². The highest BCUT2D eigenvalue weighted by atomic mass is 16.3. The van der Waals surface area contributed by atoms with Crippen LogP contribution in [0, 0.1) is 0 Å². The lowest BCUT2D eigenvalue weighted by molar-refractivity contribution is -0.121. The van der Waals surface area contributed by atoms with E-state index in [9.17, 15) is 15.0 Å². The molecule has 0 aromatic heterocycles. The third-order valence-electron chi connectivity index (χ3n) is 4.67. The summed E-state index contributed by atoms with van der Waals surface area (Å²) in [5.74, 6) is -0.605. The van der Waals surface area contributed by atoms with Gasteiger partial charge in [-0.3, -0.25) is 9.79 Å². The molecule has 0 saturated heterocycles. The third kappa shape index (κ3) is 6.44. The normalized spacial score (nSPS) is 12.5. The molecule has 1 atom stereocenters. The van der Waals surface area contributed by atoms with Gasteiger partial charge in [0, 0.05) is 12.6 Å². The van der Waals surface area contributed by atoms with Gasteiger partial charge < -0.3 is 32.7 Å². The van der Waals surface area contributed by atoms with Crippen molar-refractivity contribution in [2.45, 2.75) is 19.1 Å². The second kappa shape index (κ2) is 10.6. The van der Waals surface area contributed by atoms with Gasteiger partial charge in [-0.25, -0.2) is 0 Å². The molecule has 0 aliphatic rings. The monoisotopic (exact) mass is 447 g/mol. The summed E-state index contributed by atoms with van der Waals surface area (Å²) in [5.41, 5.74) is 19.9. The van der Waals surface area contributed by atoms with E-state index in [1.54, 1.807) is 12.1 Å². The molecule has 3 aromatic rings. The number of nitrogens with one attached hydrogen (secondary N) is 1. The summed E-state index contributed by atoms with van der Waals surface area (Å²) in [6, 6.07) is 17.0. The van der Waals surface area contributed by atoms with Crippen LogP contribution < -0.4 is 22.5 Å². The first-order chi connectivity index (χ1) is 15.8. The lowest BCUT2D eigenvalue weighted by atomic mass is 10.2. The number of benzene rings is 3. The Kier molecular flexibility index (Phi) is 7.43. The number of nitrogen functional groups attached to an aromatic ring is 2. The van der Waals surface area contributed by atoms with Crippen LogP contribution in [-0.2, 0) is 17.9 Å². The van der Waals surface area contributed by atoms with Gasteiger partial charge in [0.05, 0.1) is 17.9 Å². The van der Waals surface area contributed by atoms with E-state index < -0.39 is 11.9 Å². The van der Waals surface area contributed by atoms with Crippen LogP contribution in [-0.4, -0.2) is 28.0 Å². The maximum absolute atomic E-state index is 12.9. The number of hydrogen-bond acceptors (Lipinski definition) is 8. The Hall–Kier alpha value is -4.60. The number of amides is 1. The number of azo groups is 1. The lowest BCUT2D eigenvalue weighted by Gasteiger charge is -2.12. The van der Waals surface area contributed by atoms with E-state index in [0.29, 0.717) is 5.56 Å². The third-order valence-corrected chi connectivity index (χ3v) is 4.67. The molecule has 0 saturated carbocycles. The molecule has 10 heteroatoms. The summed E-state index contributed by atoms with van der Waals surface area (Å²) >= 11 is 0. The zero-order valence-corrected chi connectivity index (χ0v) is 17.7. The average Bonchev–Trinajstić information content (AvgIpc) is 2.80. The molecule has 33 heavy (non-hydrogen) atoms. The Labute approximate surface area is 190 Å². The second-order valence-corrected chi connectivity index (χ2v) is 7.20. The molecule has 9 N–H and O–H groups in total. The molecule has 1 amide bonds. The van der Waals surface area contributed by atoms with Gasteiger partial charge in [-0.2, -0.15) is 10.2 Å². The number of carbonyl (C=O) groups excluding carboxylic acids is 1. The number of anilines is 2. The van der Waals surface area contributed by atoms with E-state index in [1.807, 2.05) is 30.3 Å². The number of amidine groups is 1. The first-order valence-corrected chi connectivity index (χ1v) is 10.0. The number of aliphatic imine (C=N–C) groups is 1. The number of nitrogens with two attached hydrogens (primary N) is 3. The van der Waals surface area contributed by atoms with Crippen molar-refractivity contribution >= 4 is 28.8 Å². The van der Waals surface area contributed by atoms with Crippen LogP contribution >= 0.6 is 0 Å². The smallest absolute Gasteiger partial charge is 0.254 e. The zero-order valence-electron chi connectivity index (χ0n) is 17.7. The Morgan fingerprint density at radius 3 is 2.39 bits per heavy atom. The first-order valence-electron chi connectivity index (χ1n) is 10.0. The van der Waals surface area contributed by atoms with E-state index in [2.05, 4.69) is 20.5 Å². The minimum atomic E-state index is -1.21. The molecule has 0 spiro atoms. The van der Waals surface area contributed by atoms with Gasteiger partial charge in [0.15, 0.2) is 0 Å². The summed E-state index contributed by atoms with van der Waals surface area (Å²) in [6.45, 7) is 0.393. The molecule has 0 aliphatic heterocycles. The molecule has 0 aliphatic carbocycles. The maximum atomic E-state index is 12.9. The van der Waals surface area contributed by atoms with Gasteiger partial charge in [-0.1, -0.05) is 36.4 Å². The Morgan fingerprint density at radius 2 is 1.70 bits per heavy atom. The van der Waals surface area contributed by atoms with E-state index in [4.69, 9.17) is 17.2 Å². The predicted molar refractivity (Wildman–Crippen MR) is 127 cm³/mol. The van der Waals surface area contributed by atoms with Crippen LogP contribution in [0.3, 0.4) is 0 Å². The van der Waals surface area contributed by atoms with Crippen molar-refractivity contribution in [1.29, 1.82) is 0 Å². The maximum Gasteiger partial charge on any atom is 0.254 e. The highest BCUT2D eigenvalue weighted by Gasteiger charge is 2.22. The van der Waals surface area contributed by atoms with Crippen molar-refractivity contribution in [2.75, 3.05) is 11.5 Å². The number of carbonyl (C=O) groups is 1. The molecule has 1 unspecified atom stereocenters. The summed E-state index contributed by atoms with van der Waals surface area (Å²) in [6.07, 6.45) is 0. The van der Waals surface area contributed by atoms with Crippen LogP contribution in [0.25, 0.3) is 0 Å². The summed E-state index contributed by atoms with van der Waals surface area (Å²) in [4.78, 5) is 17.1. The van der Waals surface area contributed by atoms with E-state index >= 15 is 0 Å². The summed E-state index contributed by atoms with van der Waals surface area (Å²) in [7, 11) is 0. The Bertz CT molecular complexity index is 1180. The predicted octanol–water partition coefficient (Wildman–Crippen LogP) is 2.59. The van der Waals surface area contributed by atoms with Crippen molar-refractivity contribution in [3.8, 4) is 11.5 Å². The van der Waals surface area contributed by atoms with E-state index in [-0.39, 0.29) is 47.5 Å². The summed E-state index contributed by atoms with van der Waals surface area (Å²) in [5, 5.41) is 30.0. The fraction of sp³-hybridized carbons (Fsp3) is 0.130. The molecule has 10 nitrogen and oxygen atoms in total. The standard InChI is InChI=1S/C23H25N7O3/c24-17-11-16(31)7-8-19(17)29-30-21(23(33)28-12-14-4-2-1-3-5-14)22(26)27-13-15-6-9-20(32)18(25)10-15/h1-11,21,31-32H,12-13,24-25H2,(H2,26,27)(H,28,33). The minimum absolute atomic E-state index is 0.0159. The Morgan fingerprint density at radius 1 is 0.939 bits per heavy atom. The van der Waals surface area contributed by atoms with Crippen LogP contribution in [0.1, 0.15) is 11.1 Å². The van der Waals surface area contributed by atoms with Crippen molar-refractivity contribution < 1.29 is 15.0 Å². The van der Waals surface area contributed by atoms with Crippen LogP contribution in [0.15, 0.2) is 82.0 Å². The number of aromatic hydroxyl groups is 2. The quantitative estimate of drug-likeness (QED) is 0.101. The Balaban J connectivity index is 1.81. The molecule has 3 aromatic carbocycles. The van der Waals surface area contributed by atoms with Crippen molar-refractivity contribution in [3.63, 3.8) is 0 Å². The topological polar surface area (TPSA) is 185 Å². The second-order valence-electron chi connectivity index (χ2n) is 7.20. The molecule has 170 valence electrons. The lowest BCUT2D eigenvalue weighted by Crippen LogP contribution is -2.42. The molecular formula is C23H25N7O3. The molecule has 0 heterocycles. The average molecular weight is 447 g/mol. The van der Waals surface area contributed by atoms with Gasteiger partial charge in [0.25, 0.3) is 5.91 Å². The molecular weight excluding hydrogens is 422 g/mol. The van der Waals surface area contributed by atoms with Gasteiger partial charge in [-0.05, 0) is 35.4 Å². The highest BCUT2D eigenvalue weighted by Crippen LogP contribution is 2.26. The number of phenolic OH excluding ortho intramolecular Hbond substituents is 2. The van der Waals surface area contributed by atoms with Gasteiger partial charge in [-0.15, -0.1) is 0 Å². The molecule has 0 radical (unpaired) electrons. The van der Waals surface area contributed by atoms with Crippen LogP contribution in [0.4, 0.5) is 17.1 Å². The fourth-order valence-corrected chi connectivity index (χ4v) is 2.85. The zero-order chi connectivity index (χ0) is 23.8. The van der Waals surface area contributed by atoms with E-state index in [0.717, 1.165) is 5.56 Å². The van der Waals surface area contributed by atoms with Crippen LogP contribution in [0.5, 0.6) is 11.5 Å². The van der Waals surface area contributed by atoms with Gasteiger partial charge >= 0.3 is 0 Å². The number of nitrogens with zero attached hydrogens (tertiary/aromatic N) is 3. The number of rotatable bonds is 8. The molecule has 0 fully saturated rings. The highest BCUT2D eigenvalue weighted by molar-refractivity contribution is 6.06.